The molecule has 1 saturated carbocycles. The van der Waals surface area contributed by atoms with Gasteiger partial charge in [0, 0.05) is 30.3 Å². The van der Waals surface area contributed by atoms with E-state index in [0.717, 1.165) is 12.8 Å². The third-order valence-corrected chi connectivity index (χ3v) is 7.80. The van der Waals surface area contributed by atoms with Crippen molar-refractivity contribution in [3.63, 3.8) is 0 Å². The standard InChI is InChI=1S/C26H31N5O5/c1-3-14(4-2)31-25(34)20-17(27)9-10-18(21(20)26(31)35)29-30-22-23(32)15-8-7-13(12-16(15)24(22)33)28-19-6-5-11-36-19/h5,9-11,13-16,19,27-28,30,33H,3-4,6-8,12H2,1-2H3. The molecule has 0 bridgehead atoms. The van der Waals surface area contributed by atoms with Crippen molar-refractivity contribution in [3.05, 3.63) is 77.8 Å². The molecule has 36 heavy (non-hydrogen) atoms. The Kier molecular flexibility index (Phi) is 6.38. The second kappa shape index (κ2) is 9.50. The number of nitrogens with zero attached hydrogens (tertiary/aromatic N) is 2. The third-order valence-electron chi connectivity index (χ3n) is 7.80. The molecule has 0 aromatic rings. The summed E-state index contributed by atoms with van der Waals surface area (Å²) in [6.45, 7) is 3.81. The predicted octanol–water partition coefficient (Wildman–Crippen LogP) is 1.04. The van der Waals surface area contributed by atoms with Crippen molar-refractivity contribution in [2.75, 3.05) is 0 Å². The van der Waals surface area contributed by atoms with Crippen molar-refractivity contribution in [2.45, 2.75) is 70.7 Å². The zero-order chi connectivity index (χ0) is 25.6. The number of allylic oxidation sites excluding steroid dienone is 2. The first-order valence-corrected chi connectivity index (χ1v) is 12.6. The van der Waals surface area contributed by atoms with Gasteiger partial charge in [-0.15, -0.1) is 0 Å². The Morgan fingerprint density at radius 3 is 2.58 bits per heavy atom. The van der Waals surface area contributed by atoms with Gasteiger partial charge in [-0.1, -0.05) is 13.8 Å². The van der Waals surface area contributed by atoms with E-state index in [9.17, 15) is 19.5 Å². The number of ether oxygens (including phenoxy) is 1. The third kappa shape index (κ3) is 3.89. The van der Waals surface area contributed by atoms with Crippen molar-refractivity contribution in [1.29, 1.82) is 5.41 Å². The topological polar surface area (TPSA) is 146 Å². The molecule has 0 amide bonds. The maximum Gasteiger partial charge on any atom is 0.264 e. The smallest absolute Gasteiger partial charge is 0.264 e. The molecule has 4 unspecified atom stereocenters. The van der Waals surface area contributed by atoms with Gasteiger partial charge in [-0.3, -0.25) is 29.7 Å². The number of nitrogens with one attached hydrogen (secondary N) is 3. The number of aromatic nitrogens is 1. The van der Waals surface area contributed by atoms with Crippen LogP contribution in [0.25, 0.3) is 0 Å². The molecule has 2 heterocycles. The summed E-state index contributed by atoms with van der Waals surface area (Å²) < 4.78 is 6.71. The maximum atomic E-state index is 13.2. The van der Waals surface area contributed by atoms with Gasteiger partial charge in [0.25, 0.3) is 11.1 Å². The molecule has 4 N–H and O–H groups in total. The van der Waals surface area contributed by atoms with Gasteiger partial charge in [-0.25, -0.2) is 0 Å². The van der Waals surface area contributed by atoms with Crippen LogP contribution in [-0.4, -0.2) is 27.7 Å². The highest BCUT2D eigenvalue weighted by Gasteiger charge is 2.46. The zero-order valence-corrected chi connectivity index (χ0v) is 20.4. The monoisotopic (exact) mass is 493 g/mol. The molecule has 10 heteroatoms. The minimum absolute atomic E-state index is 0.0251. The molecule has 3 aliphatic carbocycles. The van der Waals surface area contributed by atoms with E-state index in [2.05, 4.69) is 15.8 Å². The largest absolute Gasteiger partial charge is 0.510 e. The van der Waals surface area contributed by atoms with Crippen molar-refractivity contribution >= 4 is 5.78 Å². The number of rotatable bonds is 7. The summed E-state index contributed by atoms with van der Waals surface area (Å²) in [7, 11) is 0. The number of aliphatic hydroxyl groups is 1. The van der Waals surface area contributed by atoms with E-state index in [1.807, 2.05) is 19.9 Å². The molecular weight excluding hydrogens is 462 g/mol. The SMILES string of the molecule is CCC(CC)n1c(=O)c2c(=N)ccc(=NNC3=C(O)C4CC(NC5CC=CO5)CCC4C3=O)c=2c1=O. The number of carbonyl (C=O) groups is 1. The van der Waals surface area contributed by atoms with E-state index in [4.69, 9.17) is 10.1 Å². The molecule has 0 radical (unpaired) electrons. The zero-order valence-electron chi connectivity index (χ0n) is 20.4. The van der Waals surface area contributed by atoms with Crippen LogP contribution >= 0.6 is 0 Å². The highest BCUT2D eigenvalue weighted by molar-refractivity contribution is 6.00. The van der Waals surface area contributed by atoms with Gasteiger partial charge in [-0.05, 0) is 50.3 Å². The fourth-order valence-electron chi connectivity index (χ4n) is 5.86. The number of fused-ring (bicyclic) bond motifs is 1. The average molecular weight is 494 g/mol. The van der Waals surface area contributed by atoms with Crippen LogP contribution in [0.5, 0.6) is 0 Å². The highest BCUT2D eigenvalue weighted by Crippen LogP contribution is 2.42. The molecule has 2 aliphatic heterocycles. The summed E-state index contributed by atoms with van der Waals surface area (Å²) in [5.41, 5.74) is 1.76. The predicted molar refractivity (Wildman–Crippen MR) is 130 cm³/mol. The van der Waals surface area contributed by atoms with E-state index in [1.165, 1.54) is 16.7 Å². The summed E-state index contributed by atoms with van der Waals surface area (Å²) in [4.78, 5) is 39.4. The molecular formula is C26H31N5O5. The van der Waals surface area contributed by atoms with Gasteiger partial charge in [0.2, 0.25) is 0 Å². The normalized spacial score (nSPS) is 26.3. The van der Waals surface area contributed by atoms with E-state index >= 15 is 0 Å². The van der Waals surface area contributed by atoms with Gasteiger partial charge in [-0.2, -0.15) is 5.10 Å². The number of hydrogen-bond donors (Lipinski definition) is 4. The van der Waals surface area contributed by atoms with Gasteiger partial charge < -0.3 is 15.3 Å². The van der Waals surface area contributed by atoms with Gasteiger partial charge in [0.05, 0.1) is 27.4 Å². The fraction of sp³-hybridized carbons (Fsp3) is 0.500. The van der Waals surface area contributed by atoms with Gasteiger partial charge in [0.1, 0.15) is 11.5 Å². The van der Waals surface area contributed by atoms with Crippen molar-refractivity contribution < 1.29 is 14.6 Å². The Hall–Kier alpha value is -3.53. The molecule has 4 atom stereocenters. The molecule has 1 fully saturated rings. The molecule has 0 saturated heterocycles. The second-order valence-electron chi connectivity index (χ2n) is 9.80. The second-order valence-corrected chi connectivity index (χ2v) is 9.80. The van der Waals surface area contributed by atoms with Crippen LogP contribution in [0.1, 0.15) is 58.4 Å². The quantitative estimate of drug-likeness (QED) is 0.422. The first kappa shape index (κ1) is 24.2. The minimum Gasteiger partial charge on any atom is -0.510 e. The number of hydrogen-bond acceptors (Lipinski definition) is 9. The molecule has 10 nitrogen and oxygen atoms in total. The van der Waals surface area contributed by atoms with E-state index < -0.39 is 11.1 Å². The lowest BCUT2D eigenvalue weighted by atomic mass is 9.78. The van der Waals surface area contributed by atoms with Crippen LogP contribution < -0.4 is 32.6 Å². The molecule has 190 valence electrons. The number of Topliss-reactive ketones (excluding diaryl/α,β-unsaturated/α-hetero) is 1. The highest BCUT2D eigenvalue weighted by atomic mass is 16.5. The van der Waals surface area contributed by atoms with Crippen LogP contribution in [0.2, 0.25) is 0 Å². The van der Waals surface area contributed by atoms with Crippen molar-refractivity contribution in [1.82, 2.24) is 15.3 Å². The lowest BCUT2D eigenvalue weighted by Gasteiger charge is -2.33. The Morgan fingerprint density at radius 1 is 1.14 bits per heavy atom. The Labute approximate surface area is 206 Å². The van der Waals surface area contributed by atoms with Gasteiger partial charge >= 0.3 is 0 Å². The average Bonchev–Trinajstić information content (AvgIpc) is 3.54. The maximum absolute atomic E-state index is 13.2. The van der Waals surface area contributed by atoms with Crippen LogP contribution in [0.3, 0.4) is 0 Å². The molecule has 0 aromatic heterocycles. The Morgan fingerprint density at radius 2 is 1.89 bits per heavy atom. The molecule has 0 aromatic carbocycles. The number of aliphatic hydroxyl groups excluding tert-OH is 1. The number of carbonyl (C=O) groups excluding carboxylic acids is 1. The summed E-state index contributed by atoms with van der Waals surface area (Å²) in [6.07, 6.45) is 7.59. The molecule has 5 rings (SSSR count). The summed E-state index contributed by atoms with van der Waals surface area (Å²) >= 11 is 0. The lowest BCUT2D eigenvalue weighted by molar-refractivity contribution is -0.120. The molecule has 0 spiro atoms. The fourth-order valence-corrected chi connectivity index (χ4v) is 5.86. The Balaban J connectivity index is 1.47. The van der Waals surface area contributed by atoms with E-state index in [1.54, 1.807) is 6.26 Å². The lowest BCUT2D eigenvalue weighted by Crippen LogP contribution is -2.43. The van der Waals surface area contributed by atoms with Crippen LogP contribution in [0.15, 0.2) is 50.6 Å². The first-order valence-electron chi connectivity index (χ1n) is 12.6. The van der Waals surface area contributed by atoms with Crippen LogP contribution in [-0.2, 0) is 9.53 Å². The van der Waals surface area contributed by atoms with Crippen molar-refractivity contribution in [2.24, 2.45) is 16.9 Å². The van der Waals surface area contributed by atoms with Crippen molar-refractivity contribution in [3.8, 4) is 0 Å². The van der Waals surface area contributed by atoms with Crippen LogP contribution in [0, 0.1) is 27.7 Å². The van der Waals surface area contributed by atoms with Gasteiger partial charge in [0.15, 0.2) is 12.0 Å². The summed E-state index contributed by atoms with van der Waals surface area (Å²) in [5.74, 6) is -0.863. The van der Waals surface area contributed by atoms with E-state index in [0.29, 0.717) is 25.7 Å². The van der Waals surface area contributed by atoms with Crippen LogP contribution in [0.4, 0.5) is 0 Å². The minimum atomic E-state index is -0.490. The van der Waals surface area contributed by atoms with E-state index in [-0.39, 0.29) is 68.5 Å². The Bertz CT molecular complexity index is 1520. The summed E-state index contributed by atoms with van der Waals surface area (Å²) in [5, 5.41) is 27.1. The molecule has 5 aliphatic rings. The summed E-state index contributed by atoms with van der Waals surface area (Å²) in [6, 6.07) is 2.75. The first-order chi connectivity index (χ1) is 17.3. The number of ketones is 1.